The molecule has 0 aromatic carbocycles. The first-order valence-corrected chi connectivity index (χ1v) is 4.21. The standard InChI is InChI=1S/C7H13NOS/c8-7(9)5-3-1-2-4-6(5)10/h5-6,10H,1-4H2,(H2,8,9)/t5?,6-/m1/s1. The number of amides is 1. The zero-order chi connectivity index (χ0) is 7.56. The maximum atomic E-state index is 10.7. The van der Waals surface area contributed by atoms with Gasteiger partial charge in [-0.25, -0.2) is 0 Å². The molecule has 1 rings (SSSR count). The Kier molecular flexibility index (Phi) is 2.60. The van der Waals surface area contributed by atoms with Gasteiger partial charge in [0.25, 0.3) is 0 Å². The Labute approximate surface area is 66.6 Å². The smallest absolute Gasteiger partial charge is 0.221 e. The minimum atomic E-state index is -0.181. The molecule has 0 aromatic heterocycles. The SMILES string of the molecule is NC(=O)C1CCCC[C@H]1S. The molecule has 2 atom stereocenters. The van der Waals surface area contributed by atoms with Gasteiger partial charge in [-0.2, -0.15) is 12.6 Å². The van der Waals surface area contributed by atoms with E-state index < -0.39 is 0 Å². The van der Waals surface area contributed by atoms with Gasteiger partial charge in [-0.15, -0.1) is 0 Å². The number of hydrogen-bond donors (Lipinski definition) is 2. The first-order valence-electron chi connectivity index (χ1n) is 3.69. The Balaban J connectivity index is 2.47. The normalized spacial score (nSPS) is 33.7. The van der Waals surface area contributed by atoms with Crippen molar-refractivity contribution >= 4 is 18.5 Å². The van der Waals surface area contributed by atoms with E-state index in [1.54, 1.807) is 0 Å². The van der Waals surface area contributed by atoms with Crippen molar-refractivity contribution in [2.75, 3.05) is 0 Å². The van der Waals surface area contributed by atoms with Crippen LogP contribution in [-0.4, -0.2) is 11.2 Å². The van der Waals surface area contributed by atoms with Gasteiger partial charge in [0.15, 0.2) is 0 Å². The lowest BCUT2D eigenvalue weighted by Crippen LogP contribution is -2.32. The van der Waals surface area contributed by atoms with E-state index in [4.69, 9.17) is 5.73 Å². The predicted molar refractivity (Wildman–Crippen MR) is 43.9 cm³/mol. The molecule has 3 heteroatoms. The molecule has 2 nitrogen and oxygen atoms in total. The average Bonchev–Trinajstić information content (AvgIpc) is 1.88. The van der Waals surface area contributed by atoms with Crippen molar-refractivity contribution in [2.24, 2.45) is 11.7 Å². The fraction of sp³-hybridized carbons (Fsp3) is 0.857. The molecule has 1 saturated carbocycles. The maximum Gasteiger partial charge on any atom is 0.221 e. The van der Waals surface area contributed by atoms with Crippen LogP contribution in [0.25, 0.3) is 0 Å². The van der Waals surface area contributed by atoms with Crippen molar-refractivity contribution in [3.63, 3.8) is 0 Å². The van der Waals surface area contributed by atoms with Crippen LogP contribution < -0.4 is 5.73 Å². The second-order valence-electron chi connectivity index (χ2n) is 2.86. The van der Waals surface area contributed by atoms with Crippen LogP contribution in [-0.2, 0) is 4.79 Å². The summed E-state index contributed by atoms with van der Waals surface area (Å²) in [6.07, 6.45) is 4.29. The summed E-state index contributed by atoms with van der Waals surface area (Å²) in [6, 6.07) is 0. The quantitative estimate of drug-likeness (QED) is 0.550. The molecule has 0 saturated heterocycles. The van der Waals surface area contributed by atoms with Crippen LogP contribution >= 0.6 is 12.6 Å². The molecular formula is C7H13NOS. The summed E-state index contributed by atoms with van der Waals surface area (Å²) in [5.74, 6) is -0.156. The number of hydrogen-bond acceptors (Lipinski definition) is 2. The number of nitrogens with two attached hydrogens (primary N) is 1. The first-order chi connectivity index (χ1) is 4.72. The van der Waals surface area contributed by atoms with Gasteiger partial charge in [-0.05, 0) is 12.8 Å². The Morgan fingerprint density at radius 3 is 2.40 bits per heavy atom. The van der Waals surface area contributed by atoms with E-state index in [2.05, 4.69) is 12.6 Å². The second-order valence-corrected chi connectivity index (χ2v) is 3.52. The van der Waals surface area contributed by atoms with E-state index in [1.807, 2.05) is 0 Å². The van der Waals surface area contributed by atoms with Crippen LogP contribution in [0.3, 0.4) is 0 Å². The molecule has 1 aliphatic rings. The molecule has 58 valence electrons. The van der Waals surface area contributed by atoms with Crippen molar-refractivity contribution < 1.29 is 4.79 Å². The molecule has 0 spiro atoms. The minimum Gasteiger partial charge on any atom is -0.369 e. The van der Waals surface area contributed by atoms with Gasteiger partial charge in [-0.1, -0.05) is 12.8 Å². The van der Waals surface area contributed by atoms with Crippen LogP contribution in [0.5, 0.6) is 0 Å². The predicted octanol–water partition coefficient (Wildman–Crippen LogP) is 0.960. The highest BCUT2D eigenvalue weighted by molar-refractivity contribution is 7.81. The van der Waals surface area contributed by atoms with Crippen LogP contribution in [0, 0.1) is 5.92 Å². The highest BCUT2D eigenvalue weighted by Gasteiger charge is 2.26. The van der Waals surface area contributed by atoms with Crippen molar-refractivity contribution in [3.8, 4) is 0 Å². The summed E-state index contributed by atoms with van der Waals surface area (Å²) in [4.78, 5) is 10.7. The number of carbonyl (C=O) groups excluding carboxylic acids is 1. The Bertz CT molecular complexity index is 138. The highest BCUT2D eigenvalue weighted by atomic mass is 32.1. The lowest BCUT2D eigenvalue weighted by molar-refractivity contribution is -0.122. The van der Waals surface area contributed by atoms with Gasteiger partial charge in [-0.3, -0.25) is 4.79 Å². The molecule has 0 aromatic rings. The van der Waals surface area contributed by atoms with Crippen molar-refractivity contribution in [1.29, 1.82) is 0 Å². The fourth-order valence-corrected chi connectivity index (χ4v) is 1.92. The van der Waals surface area contributed by atoms with Crippen LogP contribution in [0.15, 0.2) is 0 Å². The number of carbonyl (C=O) groups is 1. The molecule has 0 radical (unpaired) electrons. The lowest BCUT2D eigenvalue weighted by atomic mass is 9.88. The lowest BCUT2D eigenvalue weighted by Gasteiger charge is -2.24. The second kappa shape index (κ2) is 3.28. The Morgan fingerprint density at radius 2 is 2.00 bits per heavy atom. The summed E-state index contributed by atoms with van der Waals surface area (Å²) in [5, 5.41) is 0.214. The van der Waals surface area contributed by atoms with Crippen molar-refractivity contribution in [3.05, 3.63) is 0 Å². The van der Waals surface area contributed by atoms with Crippen LogP contribution in [0.2, 0.25) is 0 Å². The van der Waals surface area contributed by atoms with E-state index in [0.717, 1.165) is 19.3 Å². The van der Waals surface area contributed by atoms with Crippen LogP contribution in [0.1, 0.15) is 25.7 Å². The zero-order valence-corrected chi connectivity index (χ0v) is 6.81. The third-order valence-corrected chi connectivity index (χ3v) is 2.71. The monoisotopic (exact) mass is 159 g/mol. The largest absolute Gasteiger partial charge is 0.369 e. The van der Waals surface area contributed by atoms with Crippen molar-refractivity contribution in [2.45, 2.75) is 30.9 Å². The zero-order valence-electron chi connectivity index (χ0n) is 5.92. The molecule has 0 aliphatic heterocycles. The maximum absolute atomic E-state index is 10.7. The summed E-state index contributed by atoms with van der Waals surface area (Å²) in [5.41, 5.74) is 5.17. The van der Waals surface area contributed by atoms with Gasteiger partial charge in [0, 0.05) is 11.2 Å². The number of rotatable bonds is 1. The third-order valence-electron chi connectivity index (χ3n) is 2.09. The van der Waals surface area contributed by atoms with Gasteiger partial charge < -0.3 is 5.73 Å². The fourth-order valence-electron chi connectivity index (χ4n) is 1.44. The van der Waals surface area contributed by atoms with E-state index in [0.29, 0.717) is 0 Å². The summed E-state index contributed by atoms with van der Waals surface area (Å²) < 4.78 is 0. The third kappa shape index (κ3) is 1.66. The molecule has 2 N–H and O–H groups in total. The van der Waals surface area contributed by atoms with Crippen molar-refractivity contribution in [1.82, 2.24) is 0 Å². The Morgan fingerprint density at radius 1 is 1.40 bits per heavy atom. The van der Waals surface area contributed by atoms with Gasteiger partial charge >= 0.3 is 0 Å². The molecule has 1 unspecified atom stereocenters. The molecule has 0 heterocycles. The van der Waals surface area contributed by atoms with E-state index in [1.165, 1.54) is 6.42 Å². The molecular weight excluding hydrogens is 146 g/mol. The molecule has 1 fully saturated rings. The van der Waals surface area contributed by atoms with Gasteiger partial charge in [0.05, 0.1) is 0 Å². The molecule has 0 bridgehead atoms. The van der Waals surface area contributed by atoms with Crippen LogP contribution in [0.4, 0.5) is 0 Å². The minimum absolute atomic E-state index is 0.0251. The van der Waals surface area contributed by atoms with Gasteiger partial charge in [0.1, 0.15) is 0 Å². The average molecular weight is 159 g/mol. The summed E-state index contributed by atoms with van der Waals surface area (Å²) in [7, 11) is 0. The summed E-state index contributed by atoms with van der Waals surface area (Å²) >= 11 is 4.29. The number of primary amides is 1. The Hall–Kier alpha value is -0.180. The number of thiol groups is 1. The van der Waals surface area contributed by atoms with E-state index in [9.17, 15) is 4.79 Å². The molecule has 1 amide bonds. The highest BCUT2D eigenvalue weighted by Crippen LogP contribution is 2.27. The van der Waals surface area contributed by atoms with Gasteiger partial charge in [0.2, 0.25) is 5.91 Å². The summed E-state index contributed by atoms with van der Waals surface area (Å²) in [6.45, 7) is 0. The first kappa shape index (κ1) is 7.92. The molecule has 10 heavy (non-hydrogen) atoms. The van der Waals surface area contributed by atoms with E-state index in [-0.39, 0.29) is 17.1 Å². The molecule has 1 aliphatic carbocycles. The van der Waals surface area contributed by atoms with E-state index >= 15 is 0 Å². The topological polar surface area (TPSA) is 43.1 Å².